The summed E-state index contributed by atoms with van der Waals surface area (Å²) in [6.45, 7) is 7.74. The van der Waals surface area contributed by atoms with E-state index in [0.717, 1.165) is 48.3 Å². The number of benzene rings is 1. The highest BCUT2D eigenvalue weighted by atomic mass is 35.5. The summed E-state index contributed by atoms with van der Waals surface area (Å²) in [5.41, 5.74) is 8.59. The molecule has 1 saturated carbocycles. The molecular formula is C25H30ClN3O3. The van der Waals surface area contributed by atoms with E-state index in [0.29, 0.717) is 11.6 Å². The van der Waals surface area contributed by atoms with Crippen molar-refractivity contribution in [2.45, 2.75) is 57.8 Å². The second kappa shape index (κ2) is 7.92. The summed E-state index contributed by atoms with van der Waals surface area (Å²) in [7, 11) is 0. The molecule has 32 heavy (non-hydrogen) atoms. The van der Waals surface area contributed by atoms with Crippen LogP contribution in [0.2, 0.25) is 5.02 Å². The van der Waals surface area contributed by atoms with Gasteiger partial charge >= 0.3 is 0 Å². The first kappa shape index (κ1) is 21.5. The standard InChI is InChI=1S/C25H30ClN3O3/c1-24(2,3)13-30-18-5-7-22-20(10-18)25(14-31-23(27)29-25)19-9-15(4-6-21(19)32-22)16-8-17(26)12-28-11-16/h4,6,8-9,11-12,18,20,22H,5,7,10,13-14H2,1-3H3,(H2,27,29)/t18-,20-,22?,25-/m0/s1. The third-order valence-electron chi connectivity index (χ3n) is 6.62. The maximum absolute atomic E-state index is 6.50. The van der Waals surface area contributed by atoms with Crippen molar-refractivity contribution in [2.24, 2.45) is 22.1 Å². The van der Waals surface area contributed by atoms with Crippen molar-refractivity contribution in [1.29, 1.82) is 0 Å². The Balaban J connectivity index is 1.52. The van der Waals surface area contributed by atoms with Gasteiger partial charge in [-0.2, -0.15) is 0 Å². The Hall–Kier alpha value is -2.31. The average Bonchev–Trinajstić information content (AvgIpc) is 3.14. The van der Waals surface area contributed by atoms with Crippen LogP contribution in [0.1, 0.15) is 45.6 Å². The van der Waals surface area contributed by atoms with Gasteiger partial charge in [0.1, 0.15) is 24.0 Å². The number of hydrogen-bond acceptors (Lipinski definition) is 6. The SMILES string of the molecule is CC(C)(C)CO[C@H]1CCC2Oc3ccc(-c4cncc(Cl)c4)cc3[C@@]3(COC(N)=N3)[C@H]2C1. The number of hydrogen-bond donors (Lipinski definition) is 1. The molecule has 2 aromatic rings. The van der Waals surface area contributed by atoms with Crippen LogP contribution in [-0.2, 0) is 15.0 Å². The van der Waals surface area contributed by atoms with Gasteiger partial charge in [0, 0.05) is 29.4 Å². The van der Waals surface area contributed by atoms with E-state index in [1.807, 2.05) is 24.4 Å². The summed E-state index contributed by atoms with van der Waals surface area (Å²) < 4.78 is 18.6. The summed E-state index contributed by atoms with van der Waals surface area (Å²) in [4.78, 5) is 9.13. The molecule has 4 atom stereocenters. The van der Waals surface area contributed by atoms with Gasteiger partial charge in [-0.25, -0.2) is 4.99 Å². The normalized spacial score (nSPS) is 29.0. The minimum absolute atomic E-state index is 0.0638. The van der Waals surface area contributed by atoms with Crippen LogP contribution >= 0.6 is 11.6 Å². The molecule has 5 rings (SSSR count). The number of fused-ring (bicyclic) bond motifs is 4. The van der Waals surface area contributed by atoms with Crippen molar-refractivity contribution in [3.8, 4) is 16.9 Å². The number of aromatic nitrogens is 1. The van der Waals surface area contributed by atoms with Gasteiger partial charge in [-0.3, -0.25) is 4.98 Å². The molecule has 0 bridgehead atoms. The Morgan fingerprint density at radius 1 is 1.19 bits per heavy atom. The van der Waals surface area contributed by atoms with Crippen molar-refractivity contribution in [3.63, 3.8) is 0 Å². The monoisotopic (exact) mass is 455 g/mol. The highest BCUT2D eigenvalue weighted by Gasteiger charge is 2.55. The summed E-state index contributed by atoms with van der Waals surface area (Å²) in [5, 5.41) is 0.601. The molecule has 3 aliphatic rings. The molecular weight excluding hydrogens is 426 g/mol. The predicted octanol–water partition coefficient (Wildman–Crippen LogP) is 4.93. The second-order valence-electron chi connectivity index (χ2n) is 10.3. The van der Waals surface area contributed by atoms with E-state index in [-0.39, 0.29) is 29.6 Å². The zero-order valence-electron chi connectivity index (χ0n) is 18.8. The first-order chi connectivity index (χ1) is 15.2. The van der Waals surface area contributed by atoms with E-state index in [1.54, 1.807) is 6.20 Å². The predicted molar refractivity (Wildman–Crippen MR) is 125 cm³/mol. The van der Waals surface area contributed by atoms with Crippen molar-refractivity contribution in [1.82, 2.24) is 4.98 Å². The van der Waals surface area contributed by atoms with Gasteiger partial charge in [0.05, 0.1) is 17.7 Å². The van der Waals surface area contributed by atoms with Gasteiger partial charge < -0.3 is 19.9 Å². The fourth-order valence-corrected chi connectivity index (χ4v) is 5.30. The molecule has 0 radical (unpaired) electrons. The zero-order valence-corrected chi connectivity index (χ0v) is 19.6. The minimum atomic E-state index is -0.575. The van der Waals surface area contributed by atoms with Gasteiger partial charge in [0.2, 0.25) is 0 Å². The largest absolute Gasteiger partial charge is 0.490 e. The molecule has 1 aromatic heterocycles. The first-order valence-electron chi connectivity index (χ1n) is 11.3. The van der Waals surface area contributed by atoms with Crippen molar-refractivity contribution in [2.75, 3.05) is 13.2 Å². The maximum Gasteiger partial charge on any atom is 0.283 e. The summed E-state index contributed by atoms with van der Waals surface area (Å²) >= 11 is 6.19. The lowest BCUT2D eigenvalue weighted by molar-refractivity contribution is -0.0757. The van der Waals surface area contributed by atoms with E-state index in [9.17, 15) is 0 Å². The second-order valence-corrected chi connectivity index (χ2v) is 10.8. The molecule has 0 saturated heterocycles. The lowest BCUT2D eigenvalue weighted by atomic mass is 9.67. The topological polar surface area (TPSA) is 79.0 Å². The molecule has 2 aliphatic heterocycles. The molecule has 1 unspecified atom stereocenters. The molecule has 1 spiro atoms. The Morgan fingerprint density at radius 2 is 2.03 bits per heavy atom. The lowest BCUT2D eigenvalue weighted by Gasteiger charge is -2.48. The number of aliphatic imine (C=N–C) groups is 1. The third-order valence-corrected chi connectivity index (χ3v) is 6.82. The minimum Gasteiger partial charge on any atom is -0.490 e. The van der Waals surface area contributed by atoms with Crippen molar-refractivity contribution < 1.29 is 14.2 Å². The number of rotatable bonds is 3. The number of halogens is 1. The number of amidine groups is 1. The van der Waals surface area contributed by atoms with E-state index in [2.05, 4.69) is 31.8 Å². The van der Waals surface area contributed by atoms with Crippen molar-refractivity contribution >= 4 is 17.6 Å². The van der Waals surface area contributed by atoms with Crippen LogP contribution in [0.3, 0.4) is 0 Å². The van der Waals surface area contributed by atoms with Crippen LogP contribution in [-0.4, -0.2) is 36.4 Å². The highest BCUT2D eigenvalue weighted by molar-refractivity contribution is 6.30. The first-order valence-corrected chi connectivity index (χ1v) is 11.6. The van der Waals surface area contributed by atoms with E-state index < -0.39 is 5.54 Å². The van der Waals surface area contributed by atoms with Crippen LogP contribution in [0.25, 0.3) is 11.1 Å². The molecule has 7 heteroatoms. The average molecular weight is 456 g/mol. The molecule has 3 heterocycles. The van der Waals surface area contributed by atoms with Gasteiger partial charge in [-0.05, 0) is 48.4 Å². The summed E-state index contributed by atoms with van der Waals surface area (Å²) in [6, 6.07) is 8.35. The number of nitrogens with zero attached hydrogens (tertiary/aromatic N) is 2. The number of nitrogens with two attached hydrogens (primary N) is 1. The smallest absolute Gasteiger partial charge is 0.283 e. The maximum atomic E-state index is 6.50. The quantitative estimate of drug-likeness (QED) is 0.709. The fourth-order valence-electron chi connectivity index (χ4n) is 5.12. The number of ether oxygens (including phenoxy) is 3. The third kappa shape index (κ3) is 3.95. The van der Waals surface area contributed by atoms with Crippen LogP contribution in [0.15, 0.2) is 41.7 Å². The zero-order chi connectivity index (χ0) is 22.5. The van der Waals surface area contributed by atoms with Crippen LogP contribution < -0.4 is 10.5 Å². The fraction of sp³-hybridized carbons (Fsp3) is 0.520. The molecule has 2 N–H and O–H groups in total. The van der Waals surface area contributed by atoms with Crippen LogP contribution in [0.5, 0.6) is 5.75 Å². The van der Waals surface area contributed by atoms with Crippen LogP contribution in [0.4, 0.5) is 0 Å². The van der Waals surface area contributed by atoms with E-state index in [1.165, 1.54) is 0 Å². The Morgan fingerprint density at radius 3 is 2.75 bits per heavy atom. The molecule has 1 aliphatic carbocycles. The molecule has 1 aromatic carbocycles. The van der Waals surface area contributed by atoms with Gasteiger partial charge in [-0.1, -0.05) is 38.4 Å². The van der Waals surface area contributed by atoms with E-state index in [4.69, 9.17) is 36.5 Å². The molecule has 1 fully saturated rings. The van der Waals surface area contributed by atoms with E-state index >= 15 is 0 Å². The van der Waals surface area contributed by atoms with Gasteiger partial charge in [-0.15, -0.1) is 0 Å². The van der Waals surface area contributed by atoms with Crippen LogP contribution in [0, 0.1) is 11.3 Å². The molecule has 170 valence electrons. The Kier molecular flexibility index (Phi) is 5.33. The van der Waals surface area contributed by atoms with Gasteiger partial charge in [0.25, 0.3) is 6.02 Å². The summed E-state index contributed by atoms with van der Waals surface area (Å²) in [6.07, 6.45) is 6.46. The van der Waals surface area contributed by atoms with Gasteiger partial charge in [0.15, 0.2) is 0 Å². The molecule has 0 amide bonds. The highest BCUT2D eigenvalue weighted by Crippen LogP contribution is 2.53. The Labute approximate surface area is 194 Å². The Bertz CT molecular complexity index is 1050. The molecule has 6 nitrogen and oxygen atoms in total. The summed E-state index contributed by atoms with van der Waals surface area (Å²) in [5.74, 6) is 0.976. The number of pyridine rings is 1. The lowest BCUT2D eigenvalue weighted by Crippen LogP contribution is -2.52. The van der Waals surface area contributed by atoms with Crippen molar-refractivity contribution in [3.05, 3.63) is 47.2 Å².